The number of methoxy groups -OCH3 is 1. The second-order valence-electron chi connectivity index (χ2n) is 5.72. The van der Waals surface area contributed by atoms with Gasteiger partial charge in [0.05, 0.1) is 6.61 Å². The van der Waals surface area contributed by atoms with Gasteiger partial charge in [0.15, 0.2) is 5.96 Å². The summed E-state index contributed by atoms with van der Waals surface area (Å²) < 4.78 is 23.6. The molecular weight excluding hydrogens is 460 g/mol. The SMILES string of the molecule is CN=C(NCCc1ccc(F)cc1)Nc1cccc(OCCCOC)c1.I. The van der Waals surface area contributed by atoms with Gasteiger partial charge in [-0.1, -0.05) is 18.2 Å². The molecule has 0 aliphatic heterocycles. The van der Waals surface area contributed by atoms with E-state index in [1.165, 1.54) is 12.1 Å². The zero-order valence-corrected chi connectivity index (χ0v) is 18.0. The average Bonchev–Trinajstić information content (AvgIpc) is 2.66. The fourth-order valence-electron chi connectivity index (χ4n) is 2.35. The monoisotopic (exact) mass is 487 g/mol. The first-order valence-corrected chi connectivity index (χ1v) is 8.65. The summed E-state index contributed by atoms with van der Waals surface area (Å²) in [5, 5.41) is 6.49. The Labute approximate surface area is 177 Å². The summed E-state index contributed by atoms with van der Waals surface area (Å²) in [4.78, 5) is 4.22. The normalized spacial score (nSPS) is 10.9. The third-order valence-corrected chi connectivity index (χ3v) is 3.70. The number of guanidine groups is 1. The van der Waals surface area contributed by atoms with Gasteiger partial charge in [-0.15, -0.1) is 24.0 Å². The molecule has 0 fully saturated rings. The first kappa shape index (κ1) is 23.2. The molecule has 2 aromatic rings. The van der Waals surface area contributed by atoms with Crippen LogP contribution < -0.4 is 15.4 Å². The molecule has 0 amide bonds. The number of aliphatic imine (C=N–C) groups is 1. The number of nitrogens with one attached hydrogen (secondary N) is 2. The van der Waals surface area contributed by atoms with Gasteiger partial charge < -0.3 is 20.1 Å². The quantitative estimate of drug-likeness (QED) is 0.242. The lowest BCUT2D eigenvalue weighted by Crippen LogP contribution is -2.32. The Morgan fingerprint density at radius 2 is 1.89 bits per heavy atom. The van der Waals surface area contributed by atoms with E-state index in [-0.39, 0.29) is 29.8 Å². The maximum absolute atomic E-state index is 12.9. The molecule has 148 valence electrons. The largest absolute Gasteiger partial charge is 0.493 e. The van der Waals surface area contributed by atoms with Crippen molar-refractivity contribution in [2.45, 2.75) is 12.8 Å². The number of anilines is 1. The van der Waals surface area contributed by atoms with Gasteiger partial charge in [0.2, 0.25) is 0 Å². The summed E-state index contributed by atoms with van der Waals surface area (Å²) in [7, 11) is 3.40. The molecule has 0 aromatic heterocycles. The highest BCUT2D eigenvalue weighted by Gasteiger charge is 2.02. The highest BCUT2D eigenvalue weighted by Crippen LogP contribution is 2.17. The zero-order valence-electron chi connectivity index (χ0n) is 15.7. The Bertz CT molecular complexity index is 696. The van der Waals surface area contributed by atoms with Crippen LogP contribution in [0.5, 0.6) is 5.75 Å². The van der Waals surface area contributed by atoms with Crippen LogP contribution in [0.25, 0.3) is 0 Å². The first-order valence-electron chi connectivity index (χ1n) is 8.65. The van der Waals surface area contributed by atoms with E-state index < -0.39 is 0 Å². The van der Waals surface area contributed by atoms with Crippen molar-refractivity contribution in [3.8, 4) is 5.75 Å². The number of benzene rings is 2. The molecule has 0 atom stereocenters. The Kier molecular flexibility index (Phi) is 11.4. The lowest BCUT2D eigenvalue weighted by atomic mass is 10.1. The summed E-state index contributed by atoms with van der Waals surface area (Å²) in [6.07, 6.45) is 1.63. The highest BCUT2D eigenvalue weighted by molar-refractivity contribution is 14.0. The molecular formula is C20H27FIN3O2. The summed E-state index contributed by atoms with van der Waals surface area (Å²) in [5.74, 6) is 1.25. The Morgan fingerprint density at radius 3 is 2.59 bits per heavy atom. The van der Waals surface area contributed by atoms with Crippen molar-refractivity contribution in [3.63, 3.8) is 0 Å². The van der Waals surface area contributed by atoms with Crippen LogP contribution in [-0.4, -0.2) is 39.9 Å². The van der Waals surface area contributed by atoms with Crippen molar-refractivity contribution < 1.29 is 13.9 Å². The van der Waals surface area contributed by atoms with E-state index in [0.717, 1.165) is 29.8 Å². The van der Waals surface area contributed by atoms with Gasteiger partial charge in [-0.25, -0.2) is 4.39 Å². The Hall–Kier alpha value is -1.87. The van der Waals surface area contributed by atoms with Gasteiger partial charge in [0, 0.05) is 45.5 Å². The van der Waals surface area contributed by atoms with Crippen molar-refractivity contribution in [1.82, 2.24) is 5.32 Å². The third-order valence-electron chi connectivity index (χ3n) is 3.70. The first-order chi connectivity index (χ1) is 12.7. The van der Waals surface area contributed by atoms with Gasteiger partial charge in [-0.2, -0.15) is 0 Å². The van der Waals surface area contributed by atoms with Crippen LogP contribution in [0.4, 0.5) is 10.1 Å². The number of ether oxygens (including phenoxy) is 2. The minimum atomic E-state index is -0.219. The molecule has 0 bridgehead atoms. The van der Waals surface area contributed by atoms with Crippen molar-refractivity contribution in [2.75, 3.05) is 39.2 Å². The van der Waals surface area contributed by atoms with E-state index in [1.54, 1.807) is 26.3 Å². The van der Waals surface area contributed by atoms with E-state index in [1.807, 2.05) is 24.3 Å². The summed E-state index contributed by atoms with van der Waals surface area (Å²) in [6, 6.07) is 14.3. The van der Waals surface area contributed by atoms with Gasteiger partial charge >= 0.3 is 0 Å². The molecule has 0 spiro atoms. The van der Waals surface area contributed by atoms with E-state index in [9.17, 15) is 4.39 Å². The lowest BCUT2D eigenvalue weighted by molar-refractivity contribution is 0.172. The Balaban J connectivity index is 0.00000364. The predicted octanol–water partition coefficient (Wildman–Crippen LogP) is 4.09. The molecule has 2 aromatic carbocycles. The second-order valence-corrected chi connectivity index (χ2v) is 5.72. The van der Waals surface area contributed by atoms with Crippen molar-refractivity contribution in [2.24, 2.45) is 4.99 Å². The number of nitrogens with zero attached hydrogens (tertiary/aromatic N) is 1. The van der Waals surface area contributed by atoms with Crippen LogP contribution >= 0.6 is 24.0 Å². The molecule has 2 rings (SSSR count). The van der Waals surface area contributed by atoms with E-state index in [2.05, 4.69) is 15.6 Å². The standard InChI is InChI=1S/C20H26FN3O2.HI/c1-22-20(23-12-11-16-7-9-17(21)10-8-16)24-18-5-3-6-19(15-18)26-14-4-13-25-2;/h3,5-10,15H,4,11-14H2,1-2H3,(H2,22,23,24);1H. The van der Waals surface area contributed by atoms with E-state index in [0.29, 0.717) is 25.7 Å². The molecule has 5 nitrogen and oxygen atoms in total. The van der Waals surface area contributed by atoms with Crippen LogP contribution in [0.15, 0.2) is 53.5 Å². The molecule has 0 aliphatic carbocycles. The van der Waals surface area contributed by atoms with Crippen LogP contribution in [-0.2, 0) is 11.2 Å². The smallest absolute Gasteiger partial charge is 0.195 e. The molecule has 0 aliphatic rings. The van der Waals surface area contributed by atoms with Crippen LogP contribution in [0.2, 0.25) is 0 Å². The van der Waals surface area contributed by atoms with E-state index in [4.69, 9.17) is 9.47 Å². The van der Waals surface area contributed by atoms with Crippen molar-refractivity contribution >= 4 is 35.6 Å². The molecule has 7 heteroatoms. The highest BCUT2D eigenvalue weighted by atomic mass is 127. The predicted molar refractivity (Wildman–Crippen MR) is 119 cm³/mol. The molecule has 0 saturated carbocycles. The number of halogens is 2. The average molecular weight is 487 g/mol. The van der Waals surface area contributed by atoms with Crippen LogP contribution in [0.1, 0.15) is 12.0 Å². The molecule has 0 radical (unpaired) electrons. The lowest BCUT2D eigenvalue weighted by Gasteiger charge is -2.13. The maximum atomic E-state index is 12.9. The third kappa shape index (κ3) is 9.05. The topological polar surface area (TPSA) is 54.9 Å². The van der Waals surface area contributed by atoms with Gasteiger partial charge in [0.25, 0.3) is 0 Å². The van der Waals surface area contributed by atoms with Gasteiger partial charge in [0.1, 0.15) is 11.6 Å². The molecule has 0 saturated heterocycles. The van der Waals surface area contributed by atoms with E-state index >= 15 is 0 Å². The van der Waals surface area contributed by atoms with Crippen LogP contribution in [0.3, 0.4) is 0 Å². The molecule has 27 heavy (non-hydrogen) atoms. The fourth-order valence-corrected chi connectivity index (χ4v) is 2.35. The Morgan fingerprint density at radius 1 is 1.11 bits per heavy atom. The second kappa shape index (κ2) is 13.3. The summed E-state index contributed by atoms with van der Waals surface area (Å²) in [6.45, 7) is 1.99. The molecule has 0 unspecified atom stereocenters. The molecule has 2 N–H and O–H groups in total. The number of hydrogen-bond donors (Lipinski definition) is 2. The number of hydrogen-bond acceptors (Lipinski definition) is 3. The maximum Gasteiger partial charge on any atom is 0.195 e. The van der Waals surface area contributed by atoms with Crippen LogP contribution in [0, 0.1) is 5.82 Å². The summed E-state index contributed by atoms with van der Waals surface area (Å²) >= 11 is 0. The minimum absolute atomic E-state index is 0. The summed E-state index contributed by atoms with van der Waals surface area (Å²) in [5.41, 5.74) is 1.96. The number of rotatable bonds is 9. The van der Waals surface area contributed by atoms with Crippen molar-refractivity contribution in [1.29, 1.82) is 0 Å². The van der Waals surface area contributed by atoms with Crippen molar-refractivity contribution in [3.05, 3.63) is 59.9 Å². The fraction of sp³-hybridized carbons (Fsp3) is 0.350. The zero-order chi connectivity index (χ0) is 18.6. The minimum Gasteiger partial charge on any atom is -0.493 e. The molecule has 0 heterocycles. The van der Waals surface area contributed by atoms with Gasteiger partial charge in [-0.3, -0.25) is 4.99 Å². The van der Waals surface area contributed by atoms with Gasteiger partial charge in [-0.05, 0) is 36.2 Å².